The molecule has 2 N–H and O–H groups in total. The topological polar surface area (TPSA) is 83.0 Å². The number of aromatic amines is 1. The minimum absolute atomic E-state index is 0.126. The van der Waals surface area contributed by atoms with Crippen LogP contribution in [0.25, 0.3) is 10.2 Å². The standard InChI is InChI=1S/C16H14N2O3S2/c1-8-9(2)23-14-12(8)13(19)17-16(18-14)22-7-10-4-3-5-11(6-10)15(20)21/h3-6H,7H2,1-2H3,(H,20,21)(H,17,18,19). The van der Waals surface area contributed by atoms with Gasteiger partial charge in [0.1, 0.15) is 4.83 Å². The number of carboxylic acids is 1. The number of nitrogens with zero attached hydrogens (tertiary/aromatic N) is 1. The molecule has 0 spiro atoms. The van der Waals surface area contributed by atoms with Crippen LogP contribution in [0.3, 0.4) is 0 Å². The number of hydrogen-bond acceptors (Lipinski definition) is 5. The van der Waals surface area contributed by atoms with Gasteiger partial charge in [0, 0.05) is 10.6 Å². The minimum atomic E-state index is -0.950. The van der Waals surface area contributed by atoms with Crippen LogP contribution in [0.4, 0.5) is 0 Å². The molecule has 0 aliphatic heterocycles. The summed E-state index contributed by atoms with van der Waals surface area (Å²) in [7, 11) is 0. The smallest absolute Gasteiger partial charge is 0.335 e. The molecule has 0 bridgehead atoms. The maximum absolute atomic E-state index is 12.2. The number of hydrogen-bond donors (Lipinski definition) is 2. The van der Waals surface area contributed by atoms with Crippen LogP contribution in [0.5, 0.6) is 0 Å². The summed E-state index contributed by atoms with van der Waals surface area (Å²) < 4.78 is 0. The van der Waals surface area contributed by atoms with E-state index in [-0.39, 0.29) is 11.1 Å². The molecule has 0 unspecified atom stereocenters. The lowest BCUT2D eigenvalue weighted by atomic mass is 10.1. The molecule has 0 radical (unpaired) electrons. The molecule has 5 nitrogen and oxygen atoms in total. The minimum Gasteiger partial charge on any atom is -0.478 e. The normalized spacial score (nSPS) is 11.0. The van der Waals surface area contributed by atoms with Gasteiger partial charge in [-0.15, -0.1) is 11.3 Å². The molecule has 0 saturated heterocycles. The van der Waals surface area contributed by atoms with Gasteiger partial charge in [0.05, 0.1) is 10.9 Å². The summed E-state index contributed by atoms with van der Waals surface area (Å²) >= 11 is 2.90. The number of nitrogens with one attached hydrogen (secondary N) is 1. The molecule has 0 aliphatic rings. The lowest BCUT2D eigenvalue weighted by Crippen LogP contribution is -2.08. The highest BCUT2D eigenvalue weighted by Gasteiger charge is 2.12. The van der Waals surface area contributed by atoms with E-state index in [9.17, 15) is 9.59 Å². The Morgan fingerprint density at radius 3 is 2.91 bits per heavy atom. The quantitative estimate of drug-likeness (QED) is 0.557. The SMILES string of the molecule is Cc1sc2nc(SCc3cccc(C(=O)O)c3)[nH]c(=O)c2c1C. The fraction of sp³-hybridized carbons (Fsp3) is 0.188. The molecule has 118 valence electrons. The molecule has 3 aromatic rings. The number of benzene rings is 1. The van der Waals surface area contributed by atoms with Gasteiger partial charge in [-0.2, -0.15) is 0 Å². The molecule has 2 aromatic heterocycles. The van der Waals surface area contributed by atoms with Gasteiger partial charge in [0.15, 0.2) is 5.16 Å². The first-order chi connectivity index (χ1) is 11.0. The molecule has 0 fully saturated rings. The van der Waals surface area contributed by atoms with Crippen molar-refractivity contribution < 1.29 is 9.90 Å². The van der Waals surface area contributed by atoms with Gasteiger partial charge in [-0.25, -0.2) is 9.78 Å². The molecule has 3 rings (SSSR count). The predicted octanol–water partition coefficient (Wildman–Crippen LogP) is 3.59. The van der Waals surface area contributed by atoms with E-state index >= 15 is 0 Å². The zero-order chi connectivity index (χ0) is 16.6. The number of aromatic carboxylic acids is 1. The molecule has 1 aromatic carbocycles. The number of H-pyrrole nitrogens is 1. The Bertz CT molecular complexity index is 960. The third kappa shape index (κ3) is 3.16. The van der Waals surface area contributed by atoms with E-state index in [0.29, 0.717) is 16.3 Å². The van der Waals surface area contributed by atoms with Crippen LogP contribution >= 0.6 is 23.1 Å². The maximum atomic E-state index is 12.2. The summed E-state index contributed by atoms with van der Waals surface area (Å²) in [6, 6.07) is 6.76. The Balaban J connectivity index is 1.86. The summed E-state index contributed by atoms with van der Waals surface area (Å²) in [4.78, 5) is 32.3. The zero-order valence-corrected chi connectivity index (χ0v) is 14.2. The van der Waals surface area contributed by atoms with E-state index in [0.717, 1.165) is 20.8 Å². The zero-order valence-electron chi connectivity index (χ0n) is 12.5. The van der Waals surface area contributed by atoms with Crippen molar-refractivity contribution in [1.82, 2.24) is 9.97 Å². The number of rotatable bonds is 4. The Labute approximate surface area is 140 Å². The number of aromatic nitrogens is 2. The Morgan fingerprint density at radius 2 is 2.17 bits per heavy atom. The summed E-state index contributed by atoms with van der Waals surface area (Å²) in [6.07, 6.45) is 0. The predicted molar refractivity (Wildman–Crippen MR) is 92.7 cm³/mol. The first-order valence-corrected chi connectivity index (χ1v) is 8.71. The van der Waals surface area contributed by atoms with Gasteiger partial charge in [0.25, 0.3) is 5.56 Å². The molecule has 0 aliphatic carbocycles. The lowest BCUT2D eigenvalue weighted by Gasteiger charge is -2.03. The summed E-state index contributed by atoms with van der Waals surface area (Å²) in [5, 5.41) is 10.2. The van der Waals surface area contributed by atoms with Crippen molar-refractivity contribution in [3.8, 4) is 0 Å². The van der Waals surface area contributed by atoms with E-state index in [4.69, 9.17) is 5.11 Å². The Hall–Kier alpha value is -2.12. The second kappa shape index (κ2) is 6.17. The molecule has 2 heterocycles. The summed E-state index contributed by atoms with van der Waals surface area (Å²) in [6.45, 7) is 3.90. The number of aryl methyl sites for hydroxylation is 2. The van der Waals surface area contributed by atoms with Gasteiger partial charge in [0.2, 0.25) is 0 Å². The Kier molecular flexibility index (Phi) is 4.23. The van der Waals surface area contributed by atoms with Crippen molar-refractivity contribution in [2.24, 2.45) is 0 Å². The monoisotopic (exact) mass is 346 g/mol. The van der Waals surface area contributed by atoms with Crippen LogP contribution in [-0.4, -0.2) is 21.0 Å². The highest BCUT2D eigenvalue weighted by atomic mass is 32.2. The van der Waals surface area contributed by atoms with Crippen molar-refractivity contribution in [2.45, 2.75) is 24.8 Å². The first-order valence-electron chi connectivity index (χ1n) is 6.91. The van der Waals surface area contributed by atoms with Gasteiger partial charge >= 0.3 is 5.97 Å². The van der Waals surface area contributed by atoms with Crippen LogP contribution in [0.15, 0.2) is 34.2 Å². The number of thiophene rings is 1. The number of carbonyl (C=O) groups is 1. The fourth-order valence-electron chi connectivity index (χ4n) is 2.25. The second-order valence-corrected chi connectivity index (χ2v) is 7.30. The summed E-state index contributed by atoms with van der Waals surface area (Å²) in [5.41, 5.74) is 1.98. The van der Waals surface area contributed by atoms with Crippen LogP contribution in [-0.2, 0) is 5.75 Å². The van der Waals surface area contributed by atoms with Crippen LogP contribution in [0.2, 0.25) is 0 Å². The highest BCUT2D eigenvalue weighted by Crippen LogP contribution is 2.28. The average Bonchev–Trinajstić information content (AvgIpc) is 2.80. The van der Waals surface area contributed by atoms with E-state index in [1.54, 1.807) is 18.2 Å². The van der Waals surface area contributed by atoms with Crippen molar-refractivity contribution in [1.29, 1.82) is 0 Å². The van der Waals surface area contributed by atoms with Gasteiger partial charge < -0.3 is 10.1 Å². The van der Waals surface area contributed by atoms with Gasteiger partial charge in [-0.1, -0.05) is 23.9 Å². The molecule has 0 atom stereocenters. The fourth-order valence-corrected chi connectivity index (χ4v) is 4.14. The lowest BCUT2D eigenvalue weighted by molar-refractivity contribution is 0.0697. The summed E-state index contributed by atoms with van der Waals surface area (Å²) in [5.74, 6) is -0.409. The highest BCUT2D eigenvalue weighted by molar-refractivity contribution is 7.98. The molecule has 7 heteroatoms. The van der Waals surface area contributed by atoms with E-state index < -0.39 is 5.97 Å². The van der Waals surface area contributed by atoms with E-state index in [1.165, 1.54) is 23.1 Å². The maximum Gasteiger partial charge on any atom is 0.335 e. The average molecular weight is 346 g/mol. The second-order valence-electron chi connectivity index (χ2n) is 5.13. The third-order valence-electron chi connectivity index (χ3n) is 3.57. The molecule has 0 saturated carbocycles. The molecule has 23 heavy (non-hydrogen) atoms. The molecule has 0 amide bonds. The van der Waals surface area contributed by atoms with E-state index in [1.807, 2.05) is 19.9 Å². The van der Waals surface area contributed by atoms with Crippen molar-refractivity contribution in [3.05, 3.63) is 56.2 Å². The van der Waals surface area contributed by atoms with Crippen molar-refractivity contribution in [3.63, 3.8) is 0 Å². The number of carboxylic acid groups (broad SMARTS) is 1. The molecular formula is C16H14N2O3S2. The first kappa shape index (κ1) is 15.8. The van der Waals surface area contributed by atoms with Crippen LogP contribution < -0.4 is 5.56 Å². The van der Waals surface area contributed by atoms with Gasteiger partial charge in [-0.05, 0) is 37.1 Å². The third-order valence-corrected chi connectivity index (χ3v) is 5.61. The number of thioether (sulfide) groups is 1. The van der Waals surface area contributed by atoms with Crippen molar-refractivity contribution >= 4 is 39.3 Å². The number of fused-ring (bicyclic) bond motifs is 1. The van der Waals surface area contributed by atoms with Crippen LogP contribution in [0.1, 0.15) is 26.4 Å². The van der Waals surface area contributed by atoms with E-state index in [2.05, 4.69) is 9.97 Å². The van der Waals surface area contributed by atoms with Gasteiger partial charge in [-0.3, -0.25) is 4.79 Å². The largest absolute Gasteiger partial charge is 0.478 e. The van der Waals surface area contributed by atoms with Crippen LogP contribution in [0, 0.1) is 13.8 Å². The van der Waals surface area contributed by atoms with Crippen molar-refractivity contribution in [2.75, 3.05) is 0 Å². The molecular weight excluding hydrogens is 332 g/mol. The Morgan fingerprint density at radius 1 is 1.39 bits per heavy atom.